The van der Waals surface area contributed by atoms with Gasteiger partial charge in [0.15, 0.2) is 0 Å². The Labute approximate surface area is 152 Å². The van der Waals surface area contributed by atoms with E-state index >= 15 is 0 Å². The first-order chi connectivity index (χ1) is 11.0. The van der Waals surface area contributed by atoms with Gasteiger partial charge in [-0.25, -0.2) is 0 Å². The Morgan fingerprint density at radius 1 is 0.708 bits per heavy atom. The Bertz CT molecular complexity index is 674. The summed E-state index contributed by atoms with van der Waals surface area (Å²) in [5, 5.41) is 0. The molecule has 24 heavy (non-hydrogen) atoms. The van der Waals surface area contributed by atoms with Crippen LogP contribution in [0.3, 0.4) is 0 Å². The van der Waals surface area contributed by atoms with E-state index < -0.39 is 31.0 Å². The Morgan fingerprint density at radius 2 is 1.00 bits per heavy atom. The molecule has 0 unspecified atom stereocenters. The molecule has 0 saturated carbocycles. The first kappa shape index (κ1) is 19.5. The van der Waals surface area contributed by atoms with Gasteiger partial charge in [0.2, 0.25) is 0 Å². The summed E-state index contributed by atoms with van der Waals surface area (Å²) in [5.41, 5.74) is 5.60. The molecule has 0 bridgehead atoms. The standard InChI is InChI=1S/C16H22ClIN2O4/c1-11-7-13(3)19(14(4)8-11)18(24-17(21,22)23)20-15(5)9-12(2)10-16(20)6/h7-10H,1-6H3/q+2. The van der Waals surface area contributed by atoms with Crippen molar-refractivity contribution >= 4 is 20.8 Å². The van der Waals surface area contributed by atoms with Gasteiger partial charge in [0.25, 0.3) is 0 Å². The van der Waals surface area contributed by atoms with Crippen molar-refractivity contribution in [2.75, 3.05) is 0 Å². The summed E-state index contributed by atoms with van der Waals surface area (Å²) in [4.78, 5) is 0. The number of aromatic nitrogens is 2. The molecule has 132 valence electrons. The number of halogens is 2. The monoisotopic (exact) mass is 468 g/mol. The van der Waals surface area contributed by atoms with Gasteiger partial charge in [-0.05, 0) is 0 Å². The molecule has 0 spiro atoms. The van der Waals surface area contributed by atoms with Crippen LogP contribution in [0.2, 0.25) is 0 Å². The zero-order valence-electron chi connectivity index (χ0n) is 14.6. The average molecular weight is 469 g/mol. The van der Waals surface area contributed by atoms with Crippen LogP contribution >= 0.6 is 20.8 Å². The van der Waals surface area contributed by atoms with Crippen LogP contribution in [-0.4, -0.2) is 0 Å². The molecule has 0 fully saturated rings. The Hall–Kier alpha value is -0.840. The topological polar surface area (TPSA) is 86.2 Å². The molecule has 0 aliphatic carbocycles. The first-order valence-corrected chi connectivity index (χ1v) is 11.4. The molecule has 0 N–H and O–H groups in total. The van der Waals surface area contributed by atoms with Crippen LogP contribution in [0.15, 0.2) is 24.3 Å². The molecule has 0 saturated heterocycles. The summed E-state index contributed by atoms with van der Waals surface area (Å²) < 4.78 is 42.9. The van der Waals surface area contributed by atoms with Gasteiger partial charge < -0.3 is 0 Å². The summed E-state index contributed by atoms with van der Waals surface area (Å²) in [5.74, 6) is 0. The third-order valence-corrected chi connectivity index (χ3v) is 10.5. The molecule has 0 radical (unpaired) electrons. The summed E-state index contributed by atoms with van der Waals surface area (Å²) in [6.45, 7) is 11.5. The molecule has 2 heterocycles. The fraction of sp³-hybridized carbons (Fsp3) is 0.375. The van der Waals surface area contributed by atoms with Crippen LogP contribution in [0, 0.1) is 51.8 Å². The predicted molar refractivity (Wildman–Crippen MR) is 87.6 cm³/mol. The maximum absolute atomic E-state index is 11.4. The zero-order chi connectivity index (χ0) is 18.2. The molecule has 6 nitrogen and oxygen atoms in total. The minimum absolute atomic E-state index is 0.864. The second-order valence-corrected chi connectivity index (χ2v) is 10.9. The number of rotatable bonds is 4. The third-order valence-electron chi connectivity index (χ3n) is 3.40. The minimum atomic E-state index is -4.53. The van der Waals surface area contributed by atoms with Crippen molar-refractivity contribution in [3.8, 4) is 0 Å². The predicted octanol–water partition coefficient (Wildman–Crippen LogP) is -0.326. The van der Waals surface area contributed by atoms with Crippen molar-refractivity contribution in [2.45, 2.75) is 41.5 Å². The molecule has 2 aromatic rings. The fourth-order valence-electron chi connectivity index (χ4n) is 2.83. The van der Waals surface area contributed by atoms with Crippen molar-refractivity contribution < 1.29 is 32.4 Å². The SMILES string of the molecule is Cc1cc(C)[n+](I(O[Cl+3]([O-])([O-])[O-])[n+]2c(C)cc(C)cc2C)c(C)c1. The second kappa shape index (κ2) is 7.19. The Balaban J connectivity index is 2.73. The molecule has 0 aliphatic rings. The van der Waals surface area contributed by atoms with E-state index in [1.54, 1.807) is 0 Å². The number of aryl methyl sites for hydroxylation is 6. The Kier molecular flexibility index (Phi) is 5.83. The van der Waals surface area contributed by atoms with Gasteiger partial charge >= 0.3 is 153 Å². The van der Waals surface area contributed by atoms with Gasteiger partial charge in [0.1, 0.15) is 0 Å². The Morgan fingerprint density at radius 3 is 1.25 bits per heavy atom. The fourth-order valence-corrected chi connectivity index (χ4v) is 8.64. The summed E-state index contributed by atoms with van der Waals surface area (Å²) in [6.07, 6.45) is 0. The van der Waals surface area contributed by atoms with E-state index in [4.69, 9.17) is 2.62 Å². The zero-order valence-corrected chi connectivity index (χ0v) is 17.5. The second-order valence-electron chi connectivity index (χ2n) is 5.84. The molecule has 2 aromatic heterocycles. The average Bonchev–Trinajstić information content (AvgIpc) is 2.33. The summed E-state index contributed by atoms with van der Waals surface area (Å²) >= 11 is -3.08. The number of hydrogen-bond acceptors (Lipinski definition) is 4. The van der Waals surface area contributed by atoms with Gasteiger partial charge in [-0.3, -0.25) is 0 Å². The third kappa shape index (κ3) is 4.41. The molecule has 0 amide bonds. The van der Waals surface area contributed by atoms with Gasteiger partial charge in [-0.2, -0.15) is 0 Å². The van der Waals surface area contributed by atoms with E-state index in [0.29, 0.717) is 0 Å². The first-order valence-electron chi connectivity index (χ1n) is 7.31. The summed E-state index contributed by atoms with van der Waals surface area (Å²) in [6, 6.07) is 7.81. The van der Waals surface area contributed by atoms with Crippen molar-refractivity contribution in [1.82, 2.24) is 0 Å². The molecule has 0 atom stereocenters. The van der Waals surface area contributed by atoms with Crippen molar-refractivity contribution in [2.24, 2.45) is 0 Å². The van der Waals surface area contributed by atoms with Crippen LogP contribution in [0.25, 0.3) is 0 Å². The van der Waals surface area contributed by atoms with E-state index in [0.717, 1.165) is 33.9 Å². The number of hydrogen-bond donors (Lipinski definition) is 0. The molecule has 0 aliphatic heterocycles. The van der Waals surface area contributed by atoms with Gasteiger partial charge in [-0.15, -0.1) is 0 Å². The van der Waals surface area contributed by atoms with E-state index in [-0.39, 0.29) is 0 Å². The van der Waals surface area contributed by atoms with E-state index in [2.05, 4.69) is 0 Å². The number of pyridine rings is 2. The van der Waals surface area contributed by atoms with E-state index in [9.17, 15) is 14.0 Å². The van der Waals surface area contributed by atoms with Crippen LogP contribution in [0.5, 0.6) is 0 Å². The normalized spacial score (nSPS) is 12.5. The van der Waals surface area contributed by atoms with Crippen LogP contribution in [0.4, 0.5) is 0 Å². The van der Waals surface area contributed by atoms with Gasteiger partial charge in [-0.1, -0.05) is 0 Å². The molecule has 8 heteroatoms. The maximum atomic E-state index is 11.4. The summed E-state index contributed by atoms with van der Waals surface area (Å²) in [7, 11) is -4.53. The van der Waals surface area contributed by atoms with Gasteiger partial charge in [0.05, 0.1) is 0 Å². The molecular formula is C16H22ClIN2O4+2. The molecular weight excluding hydrogens is 447 g/mol. The van der Waals surface area contributed by atoms with Crippen LogP contribution in [0.1, 0.15) is 33.9 Å². The van der Waals surface area contributed by atoms with Crippen molar-refractivity contribution in [3.63, 3.8) is 0 Å². The van der Waals surface area contributed by atoms with Crippen molar-refractivity contribution in [1.29, 1.82) is 0 Å². The molecule has 0 aromatic carbocycles. The van der Waals surface area contributed by atoms with E-state index in [1.807, 2.05) is 71.4 Å². The number of nitrogens with zero attached hydrogens (tertiary/aromatic N) is 2. The van der Waals surface area contributed by atoms with Crippen molar-refractivity contribution in [3.05, 3.63) is 58.2 Å². The molecule has 2 rings (SSSR count). The quantitative estimate of drug-likeness (QED) is 0.575. The van der Waals surface area contributed by atoms with Crippen LogP contribution < -0.4 is 19.5 Å². The van der Waals surface area contributed by atoms with Gasteiger partial charge in [0, 0.05) is 0 Å². The van der Waals surface area contributed by atoms with E-state index in [1.165, 1.54) is 0 Å². The van der Waals surface area contributed by atoms with Crippen LogP contribution in [-0.2, 0) is 2.62 Å².